The zero-order valence-electron chi connectivity index (χ0n) is 24.9. The van der Waals surface area contributed by atoms with Gasteiger partial charge in [-0.2, -0.15) is 0 Å². The molecule has 3 heterocycles. The molecule has 0 atom stereocenters. The van der Waals surface area contributed by atoms with E-state index < -0.39 is 0 Å². The third-order valence-corrected chi connectivity index (χ3v) is 8.33. The molecule has 41 heavy (non-hydrogen) atoms. The highest BCUT2D eigenvalue weighted by Gasteiger charge is 2.24. The highest BCUT2D eigenvalue weighted by molar-refractivity contribution is 5.99. The van der Waals surface area contributed by atoms with E-state index in [1.807, 2.05) is 52.6 Å². The number of fused-ring (bicyclic) bond motifs is 2. The number of amides is 2. The summed E-state index contributed by atoms with van der Waals surface area (Å²) in [4.78, 5) is 33.4. The first-order valence-corrected chi connectivity index (χ1v) is 15.2. The second-order valence-electron chi connectivity index (χ2n) is 11.3. The zero-order chi connectivity index (χ0) is 28.8. The molecular formula is C33H44N4O4. The maximum atomic E-state index is 14.1. The van der Waals surface area contributed by atoms with Crippen molar-refractivity contribution < 1.29 is 19.1 Å². The monoisotopic (exact) mass is 560 g/mol. The standard InChI is InChI=1S/C33H44N4O4/c1-4-41-29-12-13-30-28(21-29)22-32(34(30)3)33(39)36-14-8-6-5-7-9-15-37(25(2)38)31-20-26(10-11-27(31)24-36)23-35-16-18-40-19-17-35/h10-13,20-22H,4-9,14-19,23-24H2,1-3H3. The molecule has 1 aromatic heterocycles. The number of morpholine rings is 1. The van der Waals surface area contributed by atoms with E-state index in [-0.39, 0.29) is 11.8 Å². The van der Waals surface area contributed by atoms with E-state index in [1.165, 1.54) is 5.56 Å². The van der Waals surface area contributed by atoms with Crippen molar-refractivity contribution in [1.82, 2.24) is 14.4 Å². The van der Waals surface area contributed by atoms with Crippen LogP contribution in [0.3, 0.4) is 0 Å². The number of anilines is 1. The van der Waals surface area contributed by atoms with Crippen LogP contribution in [0.2, 0.25) is 0 Å². The van der Waals surface area contributed by atoms with Gasteiger partial charge < -0.3 is 23.8 Å². The molecule has 8 heteroatoms. The van der Waals surface area contributed by atoms with Crippen molar-refractivity contribution in [3.63, 3.8) is 0 Å². The Morgan fingerprint density at radius 1 is 0.902 bits per heavy atom. The predicted molar refractivity (Wildman–Crippen MR) is 162 cm³/mol. The molecule has 0 spiro atoms. The van der Waals surface area contributed by atoms with Gasteiger partial charge in [-0.15, -0.1) is 0 Å². The Kier molecular flexibility index (Phi) is 9.62. The average Bonchev–Trinajstić information content (AvgIpc) is 3.29. The van der Waals surface area contributed by atoms with Crippen molar-refractivity contribution in [3.05, 3.63) is 59.3 Å². The van der Waals surface area contributed by atoms with Crippen LogP contribution >= 0.6 is 0 Å². The molecule has 1 fully saturated rings. The van der Waals surface area contributed by atoms with E-state index >= 15 is 0 Å². The van der Waals surface area contributed by atoms with E-state index in [2.05, 4.69) is 23.1 Å². The second-order valence-corrected chi connectivity index (χ2v) is 11.3. The number of rotatable bonds is 5. The second kappa shape index (κ2) is 13.5. The van der Waals surface area contributed by atoms with Crippen molar-refractivity contribution in [2.75, 3.05) is 50.9 Å². The van der Waals surface area contributed by atoms with Crippen LogP contribution in [-0.2, 0) is 29.7 Å². The molecule has 8 nitrogen and oxygen atoms in total. The number of nitrogens with zero attached hydrogens (tertiary/aromatic N) is 4. The summed E-state index contributed by atoms with van der Waals surface area (Å²) in [7, 11) is 1.95. The number of ether oxygens (including phenoxy) is 2. The van der Waals surface area contributed by atoms with E-state index in [4.69, 9.17) is 9.47 Å². The van der Waals surface area contributed by atoms with Gasteiger partial charge in [0, 0.05) is 69.8 Å². The third-order valence-electron chi connectivity index (χ3n) is 8.33. The molecule has 0 aliphatic carbocycles. The molecule has 5 rings (SSSR count). The number of aryl methyl sites for hydroxylation is 1. The normalized spacial score (nSPS) is 17.5. The lowest BCUT2D eigenvalue weighted by atomic mass is 10.0. The molecule has 0 radical (unpaired) electrons. The molecule has 2 amide bonds. The van der Waals surface area contributed by atoms with Crippen LogP contribution in [0.25, 0.3) is 10.9 Å². The van der Waals surface area contributed by atoms with Crippen LogP contribution in [0.5, 0.6) is 5.75 Å². The highest BCUT2D eigenvalue weighted by Crippen LogP contribution is 2.29. The lowest BCUT2D eigenvalue weighted by Crippen LogP contribution is -2.36. The number of carbonyl (C=O) groups excluding carboxylic acids is 2. The van der Waals surface area contributed by atoms with Gasteiger partial charge in [-0.1, -0.05) is 31.4 Å². The summed E-state index contributed by atoms with van der Waals surface area (Å²) in [5.74, 6) is 0.863. The Hall–Kier alpha value is -3.36. The molecule has 0 saturated carbocycles. The van der Waals surface area contributed by atoms with Gasteiger partial charge in [0.1, 0.15) is 11.4 Å². The van der Waals surface area contributed by atoms with Crippen molar-refractivity contribution in [3.8, 4) is 5.75 Å². The number of carbonyl (C=O) groups is 2. The van der Waals surface area contributed by atoms with Crippen LogP contribution in [0.4, 0.5) is 5.69 Å². The smallest absolute Gasteiger partial charge is 0.270 e. The van der Waals surface area contributed by atoms with Gasteiger partial charge in [0.2, 0.25) is 5.91 Å². The maximum Gasteiger partial charge on any atom is 0.270 e. The quantitative estimate of drug-likeness (QED) is 0.420. The van der Waals surface area contributed by atoms with Gasteiger partial charge in [0.05, 0.1) is 19.8 Å². The zero-order valence-corrected chi connectivity index (χ0v) is 24.9. The van der Waals surface area contributed by atoms with Gasteiger partial charge in [0.25, 0.3) is 5.91 Å². The summed E-state index contributed by atoms with van der Waals surface area (Å²) in [5.41, 5.74) is 4.79. The Morgan fingerprint density at radius 2 is 1.66 bits per heavy atom. The summed E-state index contributed by atoms with van der Waals surface area (Å²) in [6.07, 6.45) is 5.19. The summed E-state index contributed by atoms with van der Waals surface area (Å²) < 4.78 is 13.2. The molecular weight excluding hydrogens is 516 g/mol. The minimum absolute atomic E-state index is 0.0106. The largest absolute Gasteiger partial charge is 0.494 e. The van der Waals surface area contributed by atoms with Crippen LogP contribution in [0, 0.1) is 0 Å². The maximum absolute atomic E-state index is 14.1. The predicted octanol–water partition coefficient (Wildman–Crippen LogP) is 5.37. The highest BCUT2D eigenvalue weighted by atomic mass is 16.5. The molecule has 2 aliphatic rings. The Bertz CT molecular complexity index is 1360. The average molecular weight is 561 g/mol. The Morgan fingerprint density at radius 3 is 2.41 bits per heavy atom. The van der Waals surface area contributed by atoms with Crippen LogP contribution in [0.15, 0.2) is 42.5 Å². The molecule has 0 N–H and O–H groups in total. The van der Waals surface area contributed by atoms with Gasteiger partial charge in [-0.25, -0.2) is 0 Å². The molecule has 0 bridgehead atoms. The number of benzene rings is 2. The van der Waals surface area contributed by atoms with Gasteiger partial charge in [0.15, 0.2) is 0 Å². The number of hydrogen-bond donors (Lipinski definition) is 0. The van der Waals surface area contributed by atoms with Crippen molar-refractivity contribution in [2.45, 2.75) is 59.0 Å². The van der Waals surface area contributed by atoms with E-state index in [0.29, 0.717) is 31.9 Å². The van der Waals surface area contributed by atoms with Gasteiger partial charge >= 0.3 is 0 Å². The SMILES string of the molecule is CCOc1ccc2c(c1)cc(C(=O)N1CCCCCCCN(C(C)=O)c3cc(CN4CCOCC4)ccc3C1)n2C. The molecule has 0 unspecified atom stereocenters. The topological polar surface area (TPSA) is 67.2 Å². The molecule has 3 aromatic rings. The summed E-state index contributed by atoms with van der Waals surface area (Å²) >= 11 is 0. The minimum Gasteiger partial charge on any atom is -0.494 e. The van der Waals surface area contributed by atoms with Gasteiger partial charge in [-0.3, -0.25) is 14.5 Å². The van der Waals surface area contributed by atoms with Crippen molar-refractivity contribution >= 4 is 28.4 Å². The van der Waals surface area contributed by atoms with Crippen LogP contribution in [0.1, 0.15) is 67.6 Å². The first kappa shape index (κ1) is 29.1. The number of hydrogen-bond acceptors (Lipinski definition) is 5. The first-order valence-electron chi connectivity index (χ1n) is 15.2. The lowest BCUT2D eigenvalue weighted by Gasteiger charge is -2.30. The third kappa shape index (κ3) is 6.93. The molecule has 1 saturated heterocycles. The fraction of sp³-hybridized carbons (Fsp3) is 0.515. The Labute approximate surface area is 243 Å². The van der Waals surface area contributed by atoms with Crippen LogP contribution < -0.4 is 9.64 Å². The van der Waals surface area contributed by atoms with E-state index in [0.717, 1.165) is 92.9 Å². The summed E-state index contributed by atoms with van der Waals surface area (Å²) in [6.45, 7) is 10.2. The molecule has 2 aromatic carbocycles. The van der Waals surface area contributed by atoms with Crippen LogP contribution in [-0.4, -0.2) is 72.2 Å². The summed E-state index contributed by atoms with van der Waals surface area (Å²) in [6, 6.07) is 14.4. The first-order chi connectivity index (χ1) is 19.9. The van der Waals surface area contributed by atoms with Gasteiger partial charge in [-0.05, 0) is 61.2 Å². The molecule has 2 aliphatic heterocycles. The Balaban J connectivity index is 1.48. The summed E-state index contributed by atoms with van der Waals surface area (Å²) in [5, 5.41) is 0.993. The molecule has 220 valence electrons. The number of aromatic nitrogens is 1. The minimum atomic E-state index is 0.0106. The fourth-order valence-electron chi connectivity index (χ4n) is 6.07. The van der Waals surface area contributed by atoms with Crippen molar-refractivity contribution in [1.29, 1.82) is 0 Å². The van der Waals surface area contributed by atoms with E-state index in [1.54, 1.807) is 6.92 Å². The van der Waals surface area contributed by atoms with E-state index in [9.17, 15) is 9.59 Å². The van der Waals surface area contributed by atoms with Crippen molar-refractivity contribution in [2.24, 2.45) is 7.05 Å². The lowest BCUT2D eigenvalue weighted by molar-refractivity contribution is -0.116. The fourth-order valence-corrected chi connectivity index (χ4v) is 6.07.